The van der Waals surface area contributed by atoms with Crippen molar-refractivity contribution >= 4 is 21.7 Å². The second kappa shape index (κ2) is 7.56. The molecule has 6 nitrogen and oxygen atoms in total. The Morgan fingerprint density at radius 1 is 1.07 bits per heavy atom. The van der Waals surface area contributed by atoms with Gasteiger partial charge in [0.15, 0.2) is 5.75 Å². The molecule has 0 radical (unpaired) electrons. The van der Waals surface area contributed by atoms with Crippen molar-refractivity contribution in [3.63, 3.8) is 0 Å². The van der Waals surface area contributed by atoms with Gasteiger partial charge in [-0.2, -0.15) is 4.72 Å². The third-order valence-electron chi connectivity index (χ3n) is 5.56. The lowest BCUT2D eigenvalue weighted by atomic mass is 9.86. The zero-order chi connectivity index (χ0) is 19.7. The molecular formula is C21H24N2O4S. The van der Waals surface area contributed by atoms with Crippen LogP contribution in [-0.4, -0.2) is 25.8 Å². The van der Waals surface area contributed by atoms with Gasteiger partial charge in [0.1, 0.15) is 0 Å². The highest BCUT2D eigenvalue weighted by molar-refractivity contribution is 7.90. The van der Waals surface area contributed by atoms with Gasteiger partial charge in [-0.25, -0.2) is 13.2 Å². The van der Waals surface area contributed by atoms with Gasteiger partial charge in [-0.15, -0.1) is 0 Å². The minimum atomic E-state index is -3.32. The molecule has 3 unspecified atom stereocenters. The first-order chi connectivity index (χ1) is 13.4. The summed E-state index contributed by atoms with van der Waals surface area (Å²) in [4.78, 5) is 12.5. The fraction of sp³-hybridized carbons (Fsp3) is 0.381. The molecule has 0 bridgehead atoms. The van der Waals surface area contributed by atoms with Crippen molar-refractivity contribution in [3.05, 3.63) is 59.7 Å². The monoisotopic (exact) mass is 400 g/mol. The number of ether oxygens (including phenoxy) is 1. The van der Waals surface area contributed by atoms with Gasteiger partial charge in [0.2, 0.25) is 10.0 Å². The highest BCUT2D eigenvalue weighted by Crippen LogP contribution is 2.38. The largest absolute Gasteiger partial charge is 0.421 e. The minimum Gasteiger partial charge on any atom is -0.421 e. The maximum atomic E-state index is 12.5. The SMILES string of the molecule is Cc1ccc(C(=O)Oc2ccccc2NC2NS(=O)(=O)C3CCCCC23)cc1. The van der Waals surface area contributed by atoms with Crippen molar-refractivity contribution in [1.29, 1.82) is 0 Å². The van der Waals surface area contributed by atoms with Gasteiger partial charge in [-0.1, -0.05) is 42.7 Å². The van der Waals surface area contributed by atoms with E-state index in [4.69, 9.17) is 4.74 Å². The summed E-state index contributed by atoms with van der Waals surface area (Å²) in [5, 5.41) is 2.92. The van der Waals surface area contributed by atoms with E-state index in [2.05, 4.69) is 10.0 Å². The van der Waals surface area contributed by atoms with Crippen LogP contribution >= 0.6 is 0 Å². The van der Waals surface area contributed by atoms with Gasteiger partial charge in [-0.05, 0) is 44.0 Å². The Labute approximate surface area is 165 Å². The van der Waals surface area contributed by atoms with E-state index in [1.165, 1.54) is 0 Å². The van der Waals surface area contributed by atoms with E-state index in [0.29, 0.717) is 23.4 Å². The molecule has 4 rings (SSSR count). The summed E-state index contributed by atoms with van der Waals surface area (Å²) in [6.07, 6.45) is 3.14. The number of para-hydroxylation sites is 2. The summed E-state index contributed by atoms with van der Waals surface area (Å²) in [5.74, 6) is -0.0528. The topological polar surface area (TPSA) is 84.5 Å². The number of carbonyl (C=O) groups is 1. The highest BCUT2D eigenvalue weighted by Gasteiger charge is 2.47. The molecule has 2 aromatic carbocycles. The van der Waals surface area contributed by atoms with Gasteiger partial charge in [0.05, 0.1) is 22.7 Å². The summed E-state index contributed by atoms with van der Waals surface area (Å²) in [5.41, 5.74) is 2.13. The lowest BCUT2D eigenvalue weighted by Crippen LogP contribution is -2.37. The standard InChI is InChI=1S/C21H24N2O4S/c1-14-10-12-15(13-11-14)21(24)27-18-8-4-3-7-17(18)22-20-16-6-2-5-9-19(16)28(25,26)23-20/h3-4,7-8,10-13,16,19-20,22-23H,2,5-6,9H2,1H3. The third-order valence-corrected chi connectivity index (χ3v) is 7.52. The Morgan fingerprint density at radius 2 is 1.79 bits per heavy atom. The lowest BCUT2D eigenvalue weighted by molar-refractivity contribution is 0.0735. The number of aryl methyl sites for hydroxylation is 1. The number of nitrogens with one attached hydrogen (secondary N) is 2. The van der Waals surface area contributed by atoms with Crippen molar-refractivity contribution < 1.29 is 17.9 Å². The van der Waals surface area contributed by atoms with Crippen LogP contribution in [0.5, 0.6) is 5.75 Å². The lowest BCUT2D eigenvalue weighted by Gasteiger charge is -2.27. The van der Waals surface area contributed by atoms with E-state index in [0.717, 1.165) is 24.8 Å². The first-order valence-corrected chi connectivity index (χ1v) is 11.1. The van der Waals surface area contributed by atoms with Crippen LogP contribution in [0, 0.1) is 12.8 Å². The maximum Gasteiger partial charge on any atom is 0.343 e. The summed E-state index contributed by atoms with van der Waals surface area (Å²) in [6, 6.07) is 14.3. The first kappa shape index (κ1) is 19.0. The van der Waals surface area contributed by atoms with Crippen LogP contribution in [0.2, 0.25) is 0 Å². The van der Waals surface area contributed by atoms with Crippen molar-refractivity contribution in [2.24, 2.45) is 5.92 Å². The van der Waals surface area contributed by atoms with Crippen molar-refractivity contribution in [2.75, 3.05) is 5.32 Å². The molecule has 1 aliphatic carbocycles. The minimum absolute atomic E-state index is 0.0135. The molecule has 1 saturated carbocycles. The van der Waals surface area contributed by atoms with Crippen LogP contribution < -0.4 is 14.8 Å². The second-order valence-electron chi connectivity index (χ2n) is 7.52. The first-order valence-electron chi connectivity index (χ1n) is 9.59. The van der Waals surface area contributed by atoms with Gasteiger partial charge >= 0.3 is 5.97 Å². The molecule has 148 valence electrons. The van der Waals surface area contributed by atoms with Crippen molar-refractivity contribution in [2.45, 2.75) is 44.0 Å². The van der Waals surface area contributed by atoms with E-state index >= 15 is 0 Å². The highest BCUT2D eigenvalue weighted by atomic mass is 32.2. The summed E-state index contributed by atoms with van der Waals surface area (Å²) in [7, 11) is -3.32. The summed E-state index contributed by atoms with van der Waals surface area (Å²) < 4.78 is 33.2. The smallest absolute Gasteiger partial charge is 0.343 e. The number of esters is 1. The second-order valence-corrected chi connectivity index (χ2v) is 9.45. The number of hydrogen-bond acceptors (Lipinski definition) is 5. The zero-order valence-corrected chi connectivity index (χ0v) is 16.5. The number of benzene rings is 2. The van der Waals surface area contributed by atoms with Crippen LogP contribution in [0.3, 0.4) is 0 Å². The summed E-state index contributed by atoms with van der Waals surface area (Å²) >= 11 is 0. The van der Waals surface area contributed by atoms with E-state index in [1.54, 1.807) is 30.3 Å². The van der Waals surface area contributed by atoms with Crippen molar-refractivity contribution in [3.8, 4) is 5.75 Å². The Bertz CT molecular complexity index is 972. The van der Waals surface area contributed by atoms with Crippen LogP contribution in [0.1, 0.15) is 41.6 Å². The predicted octanol–water partition coefficient (Wildman–Crippen LogP) is 3.44. The van der Waals surface area contributed by atoms with Crippen molar-refractivity contribution in [1.82, 2.24) is 4.72 Å². The quantitative estimate of drug-likeness (QED) is 0.607. The fourth-order valence-electron chi connectivity index (χ4n) is 4.07. The van der Waals surface area contributed by atoms with Gasteiger partial charge in [-0.3, -0.25) is 0 Å². The number of anilines is 1. The number of sulfonamides is 1. The number of fused-ring (bicyclic) bond motifs is 1. The fourth-order valence-corrected chi connectivity index (χ4v) is 6.06. The third kappa shape index (κ3) is 3.77. The molecular weight excluding hydrogens is 376 g/mol. The van der Waals surface area contributed by atoms with Crippen LogP contribution in [0.15, 0.2) is 48.5 Å². The summed E-state index contributed by atoms with van der Waals surface area (Å²) in [6.45, 7) is 1.95. The van der Waals surface area contributed by atoms with Gasteiger partial charge < -0.3 is 10.1 Å². The van der Waals surface area contributed by atoms with Gasteiger partial charge in [0.25, 0.3) is 0 Å². The molecule has 1 saturated heterocycles. The van der Waals surface area contributed by atoms with Crippen LogP contribution in [-0.2, 0) is 10.0 Å². The zero-order valence-electron chi connectivity index (χ0n) is 15.7. The van der Waals surface area contributed by atoms with E-state index in [9.17, 15) is 13.2 Å². The molecule has 2 N–H and O–H groups in total. The van der Waals surface area contributed by atoms with E-state index < -0.39 is 22.2 Å². The van der Waals surface area contributed by atoms with Crippen LogP contribution in [0.4, 0.5) is 5.69 Å². The molecule has 3 atom stereocenters. The molecule has 2 aliphatic rings. The molecule has 28 heavy (non-hydrogen) atoms. The van der Waals surface area contributed by atoms with Crippen LogP contribution in [0.25, 0.3) is 0 Å². The Kier molecular flexibility index (Phi) is 5.12. The Morgan fingerprint density at radius 3 is 2.57 bits per heavy atom. The predicted molar refractivity (Wildman–Crippen MR) is 108 cm³/mol. The average molecular weight is 401 g/mol. The molecule has 2 aromatic rings. The molecule has 2 fully saturated rings. The number of carbonyl (C=O) groups excluding carboxylic acids is 1. The molecule has 1 heterocycles. The molecule has 0 aromatic heterocycles. The Hall–Kier alpha value is -2.38. The molecule has 7 heteroatoms. The Balaban J connectivity index is 1.53. The number of rotatable bonds is 4. The maximum absolute atomic E-state index is 12.5. The normalized spacial score (nSPS) is 25.7. The van der Waals surface area contributed by atoms with E-state index in [1.807, 2.05) is 25.1 Å². The average Bonchev–Trinajstić information content (AvgIpc) is 2.94. The molecule has 0 spiro atoms. The molecule has 1 aliphatic heterocycles. The number of hydrogen-bond donors (Lipinski definition) is 2. The van der Waals surface area contributed by atoms with Gasteiger partial charge in [0, 0.05) is 5.92 Å². The molecule has 0 amide bonds. The van der Waals surface area contributed by atoms with E-state index in [-0.39, 0.29) is 11.2 Å².